The van der Waals surface area contributed by atoms with E-state index in [-0.39, 0.29) is 0 Å². The smallest absolute Gasteiger partial charge is 0.0859 e. The van der Waals surface area contributed by atoms with Crippen molar-refractivity contribution in [3.63, 3.8) is 0 Å². The van der Waals surface area contributed by atoms with Gasteiger partial charge in [-0.15, -0.1) is 0 Å². The molecule has 60 valence electrons. The number of nitrogens with two attached hydrogens (primary N) is 1. The Morgan fingerprint density at radius 1 is 1.30 bits per heavy atom. The van der Waals surface area contributed by atoms with Crippen molar-refractivity contribution >= 4 is 0 Å². The minimum Gasteiger partial charge on any atom is -0.344 e. The molecule has 1 aliphatic rings. The molecule has 0 saturated carbocycles. The molecule has 0 amide bonds. The second kappa shape index (κ2) is 4.73. The maximum atomic E-state index is 2.55. The molecule has 1 nitrogen and oxygen atoms in total. The fourth-order valence-corrected chi connectivity index (χ4v) is 1.83. The first-order valence-corrected chi connectivity index (χ1v) is 4.77. The summed E-state index contributed by atoms with van der Waals surface area (Å²) in [5.41, 5.74) is 0. The molecule has 1 atom stereocenters. The first-order chi connectivity index (χ1) is 4.93. The summed E-state index contributed by atoms with van der Waals surface area (Å²) in [6, 6.07) is 0.965. The Labute approximate surface area is 64.2 Å². The summed E-state index contributed by atoms with van der Waals surface area (Å²) in [4.78, 5) is 0. The van der Waals surface area contributed by atoms with Crippen LogP contribution in [0.15, 0.2) is 0 Å². The van der Waals surface area contributed by atoms with E-state index in [1.54, 1.807) is 0 Å². The molecule has 1 rings (SSSR count). The van der Waals surface area contributed by atoms with Crippen LogP contribution >= 0.6 is 0 Å². The van der Waals surface area contributed by atoms with Crippen molar-refractivity contribution in [1.82, 2.24) is 0 Å². The van der Waals surface area contributed by atoms with Crippen LogP contribution < -0.4 is 5.32 Å². The Hall–Kier alpha value is -0.0400. The summed E-state index contributed by atoms with van der Waals surface area (Å²) in [6.45, 7) is 3.67. The van der Waals surface area contributed by atoms with E-state index in [0.29, 0.717) is 0 Å². The van der Waals surface area contributed by atoms with Gasteiger partial charge >= 0.3 is 0 Å². The predicted molar refractivity (Wildman–Crippen MR) is 44.0 cm³/mol. The molecule has 0 aromatic rings. The van der Waals surface area contributed by atoms with Gasteiger partial charge in [0.2, 0.25) is 0 Å². The third-order valence-corrected chi connectivity index (χ3v) is 2.44. The molecule has 0 unspecified atom stereocenters. The average molecular weight is 142 g/mol. The summed E-state index contributed by atoms with van der Waals surface area (Å²) in [7, 11) is 0. The zero-order chi connectivity index (χ0) is 7.23. The number of hydrogen-bond donors (Lipinski definition) is 1. The Morgan fingerprint density at radius 3 is 3.00 bits per heavy atom. The maximum absolute atomic E-state index is 2.55. The second-order valence-corrected chi connectivity index (χ2v) is 3.42. The van der Waals surface area contributed by atoms with Crippen LogP contribution in [-0.2, 0) is 0 Å². The molecular weight excluding hydrogens is 122 g/mol. The quantitative estimate of drug-likeness (QED) is 0.598. The highest BCUT2D eigenvalue weighted by molar-refractivity contribution is 4.57. The van der Waals surface area contributed by atoms with Crippen molar-refractivity contribution in [3.05, 3.63) is 0 Å². The second-order valence-electron chi connectivity index (χ2n) is 3.42. The minimum absolute atomic E-state index is 0.965. The highest BCUT2D eigenvalue weighted by Crippen LogP contribution is 2.07. The van der Waals surface area contributed by atoms with E-state index in [2.05, 4.69) is 12.2 Å². The molecule has 0 bridgehead atoms. The first kappa shape index (κ1) is 8.06. The zero-order valence-corrected chi connectivity index (χ0v) is 7.10. The van der Waals surface area contributed by atoms with Crippen LogP contribution in [0.4, 0.5) is 0 Å². The lowest BCUT2D eigenvalue weighted by molar-refractivity contribution is -0.688. The van der Waals surface area contributed by atoms with Crippen LogP contribution in [0.5, 0.6) is 0 Å². The van der Waals surface area contributed by atoms with Crippen molar-refractivity contribution in [2.45, 2.75) is 51.5 Å². The van der Waals surface area contributed by atoms with Crippen LogP contribution in [0, 0.1) is 0 Å². The summed E-state index contributed by atoms with van der Waals surface area (Å²) >= 11 is 0. The van der Waals surface area contributed by atoms with Gasteiger partial charge in [-0.2, -0.15) is 0 Å². The van der Waals surface area contributed by atoms with E-state index in [1.807, 2.05) is 0 Å². The van der Waals surface area contributed by atoms with Gasteiger partial charge in [0.25, 0.3) is 0 Å². The van der Waals surface area contributed by atoms with E-state index < -0.39 is 0 Å². The Balaban J connectivity index is 2.15. The van der Waals surface area contributed by atoms with Gasteiger partial charge in [-0.25, -0.2) is 0 Å². The molecule has 1 heteroatoms. The van der Waals surface area contributed by atoms with Gasteiger partial charge < -0.3 is 5.32 Å². The van der Waals surface area contributed by atoms with Crippen LogP contribution in [0.2, 0.25) is 0 Å². The Morgan fingerprint density at radius 2 is 2.20 bits per heavy atom. The Bertz CT molecular complexity index is 72.8. The van der Waals surface area contributed by atoms with Gasteiger partial charge in [-0.3, -0.25) is 0 Å². The van der Waals surface area contributed by atoms with Crippen molar-refractivity contribution in [3.8, 4) is 0 Å². The monoisotopic (exact) mass is 142 g/mol. The molecule has 1 aliphatic heterocycles. The summed E-state index contributed by atoms with van der Waals surface area (Å²) in [5, 5.41) is 2.55. The summed E-state index contributed by atoms with van der Waals surface area (Å²) in [5.74, 6) is 0. The van der Waals surface area contributed by atoms with Crippen molar-refractivity contribution in [2.75, 3.05) is 6.54 Å². The molecule has 1 heterocycles. The maximum Gasteiger partial charge on any atom is 0.0859 e. The highest BCUT2D eigenvalue weighted by Gasteiger charge is 2.12. The zero-order valence-electron chi connectivity index (χ0n) is 7.10. The van der Waals surface area contributed by atoms with Gasteiger partial charge in [-0.05, 0) is 32.1 Å². The SMILES string of the molecule is CCC[C@@H]1CCCCC[NH2+]1. The molecule has 0 radical (unpaired) electrons. The molecule has 0 spiro atoms. The lowest BCUT2D eigenvalue weighted by Gasteiger charge is -2.09. The van der Waals surface area contributed by atoms with Crippen molar-refractivity contribution in [1.29, 1.82) is 0 Å². The summed E-state index contributed by atoms with van der Waals surface area (Å²) in [6.07, 6.45) is 8.65. The van der Waals surface area contributed by atoms with Crippen LogP contribution in [0.1, 0.15) is 45.4 Å². The molecule has 1 saturated heterocycles. The Kier molecular flexibility index (Phi) is 3.81. The van der Waals surface area contributed by atoms with Gasteiger partial charge in [0.1, 0.15) is 0 Å². The topological polar surface area (TPSA) is 16.6 Å². The highest BCUT2D eigenvalue weighted by atomic mass is 14.9. The third kappa shape index (κ3) is 2.70. The number of quaternary nitrogens is 1. The molecule has 1 fully saturated rings. The van der Waals surface area contributed by atoms with E-state index in [9.17, 15) is 0 Å². The van der Waals surface area contributed by atoms with Crippen LogP contribution in [0.25, 0.3) is 0 Å². The molecule has 0 aliphatic carbocycles. The summed E-state index contributed by atoms with van der Waals surface area (Å²) < 4.78 is 0. The van der Waals surface area contributed by atoms with E-state index in [1.165, 1.54) is 45.1 Å². The standard InChI is InChI=1S/C9H19N/c1-2-6-9-7-4-3-5-8-10-9/h9-10H,2-8H2,1H3/p+1/t9-/m1/s1. The van der Waals surface area contributed by atoms with Gasteiger partial charge in [0.05, 0.1) is 12.6 Å². The average Bonchev–Trinajstić information content (AvgIpc) is 2.17. The van der Waals surface area contributed by atoms with Crippen molar-refractivity contribution in [2.24, 2.45) is 0 Å². The molecule has 10 heavy (non-hydrogen) atoms. The number of rotatable bonds is 2. The van der Waals surface area contributed by atoms with E-state index in [0.717, 1.165) is 6.04 Å². The largest absolute Gasteiger partial charge is 0.344 e. The molecule has 0 aromatic heterocycles. The fraction of sp³-hybridized carbons (Fsp3) is 1.00. The van der Waals surface area contributed by atoms with Gasteiger partial charge in [0.15, 0.2) is 0 Å². The van der Waals surface area contributed by atoms with E-state index in [4.69, 9.17) is 0 Å². The van der Waals surface area contributed by atoms with Crippen molar-refractivity contribution < 1.29 is 5.32 Å². The molecular formula is C9H20N+. The van der Waals surface area contributed by atoms with Gasteiger partial charge in [-0.1, -0.05) is 13.3 Å². The van der Waals surface area contributed by atoms with Gasteiger partial charge in [0, 0.05) is 0 Å². The predicted octanol–water partition coefficient (Wildman–Crippen LogP) is 1.29. The van der Waals surface area contributed by atoms with Crippen LogP contribution in [-0.4, -0.2) is 12.6 Å². The van der Waals surface area contributed by atoms with Crippen LogP contribution in [0.3, 0.4) is 0 Å². The lowest BCUT2D eigenvalue weighted by atomic mass is 10.1. The molecule has 0 aromatic carbocycles. The number of hydrogen-bond acceptors (Lipinski definition) is 0. The third-order valence-electron chi connectivity index (χ3n) is 2.44. The first-order valence-electron chi connectivity index (χ1n) is 4.77. The molecule has 2 N–H and O–H groups in total. The van der Waals surface area contributed by atoms with E-state index >= 15 is 0 Å². The fourth-order valence-electron chi connectivity index (χ4n) is 1.83. The normalized spacial score (nSPS) is 27.9. The lowest BCUT2D eigenvalue weighted by Crippen LogP contribution is -2.89. The minimum atomic E-state index is 0.965.